The molecule has 12 heteroatoms. The van der Waals surface area contributed by atoms with Gasteiger partial charge < -0.3 is 4.42 Å². The van der Waals surface area contributed by atoms with Crippen molar-refractivity contribution in [3.05, 3.63) is 98.8 Å². The molecule has 0 saturated carbocycles. The van der Waals surface area contributed by atoms with Gasteiger partial charge in [0.15, 0.2) is 0 Å². The Labute approximate surface area is 229 Å². The van der Waals surface area contributed by atoms with Gasteiger partial charge in [-0.1, -0.05) is 0 Å². The van der Waals surface area contributed by atoms with Crippen LogP contribution >= 0.6 is 22.7 Å². The monoisotopic (exact) mass is 568 g/mol. The Morgan fingerprint density at radius 1 is 0.821 bits per heavy atom. The largest absolute Gasteiger partial charge is 0.542 e. The van der Waals surface area contributed by atoms with Crippen molar-refractivity contribution in [1.82, 2.24) is 15.1 Å². The molecule has 2 aromatic carbocycles. The summed E-state index contributed by atoms with van der Waals surface area (Å²) in [5, 5.41) is 8.85. The summed E-state index contributed by atoms with van der Waals surface area (Å²) in [7, 11) is 0. The zero-order chi connectivity index (χ0) is 28.2. The van der Waals surface area contributed by atoms with E-state index in [4.69, 9.17) is 4.42 Å². The first-order valence-electron chi connectivity index (χ1n) is 11.5. The van der Waals surface area contributed by atoms with Gasteiger partial charge in [0.25, 0.3) is 5.89 Å². The summed E-state index contributed by atoms with van der Waals surface area (Å²) < 4.78 is 35.1. The van der Waals surface area contributed by atoms with Gasteiger partial charge in [0, 0.05) is 21.9 Å². The molecule has 0 N–H and O–H groups in total. The molecule has 8 nitrogen and oxygen atoms in total. The van der Waals surface area contributed by atoms with Crippen LogP contribution in [0.25, 0.3) is 21.1 Å². The summed E-state index contributed by atoms with van der Waals surface area (Å²) in [5.41, 5.74) is 1.69. The van der Waals surface area contributed by atoms with Gasteiger partial charge in [-0.3, -0.25) is 4.52 Å². The van der Waals surface area contributed by atoms with Crippen LogP contribution in [0.15, 0.2) is 78.0 Å². The van der Waals surface area contributed by atoms with Crippen molar-refractivity contribution in [1.29, 1.82) is 0 Å². The molecule has 0 spiro atoms. The van der Waals surface area contributed by atoms with Gasteiger partial charge in [-0.15, -0.1) is 22.7 Å². The number of aliphatic imine (C=N–C) groups is 1. The predicted octanol–water partition coefficient (Wildman–Crippen LogP) is 6.74. The summed E-state index contributed by atoms with van der Waals surface area (Å²) in [6.45, 7) is 7.25. The Morgan fingerprint density at radius 2 is 1.31 bits per heavy atom. The molecule has 0 radical (unpaired) electrons. The zero-order valence-corrected chi connectivity index (χ0v) is 22.9. The summed E-state index contributed by atoms with van der Waals surface area (Å²) in [5.74, 6) is -1.24. The van der Waals surface area contributed by atoms with Crippen LogP contribution in [-0.2, 0) is 15.7 Å². The molecule has 0 fully saturated rings. The third-order valence-electron chi connectivity index (χ3n) is 5.70. The van der Waals surface area contributed by atoms with Crippen LogP contribution in [0.3, 0.4) is 0 Å². The fourth-order valence-electron chi connectivity index (χ4n) is 3.28. The van der Waals surface area contributed by atoms with Crippen molar-refractivity contribution in [2.75, 3.05) is 0 Å². The van der Waals surface area contributed by atoms with E-state index in [1.165, 1.54) is 46.9 Å². The lowest BCUT2D eigenvalue weighted by Gasteiger charge is -2.16. The fourth-order valence-corrected chi connectivity index (χ4v) is 5.26. The Hall–Kier alpha value is -4.12. The van der Waals surface area contributed by atoms with Crippen molar-refractivity contribution in [2.45, 2.75) is 38.6 Å². The maximum absolute atomic E-state index is 12.9. The Morgan fingerprint density at radius 3 is 1.77 bits per heavy atom. The first-order chi connectivity index (χ1) is 18.5. The molecule has 0 bridgehead atoms. The smallest absolute Gasteiger partial charge is 0.374 e. The second-order valence-corrected chi connectivity index (χ2v) is 11.0. The zero-order valence-electron chi connectivity index (χ0n) is 21.3. The number of rotatable bonds is 6. The predicted molar refractivity (Wildman–Crippen MR) is 143 cm³/mol. The van der Waals surface area contributed by atoms with E-state index in [9.17, 15) is 18.4 Å². The molecule has 0 aliphatic carbocycles. The van der Waals surface area contributed by atoms with Crippen LogP contribution < -0.4 is 5.82 Å². The van der Waals surface area contributed by atoms with E-state index in [-0.39, 0.29) is 17.5 Å². The van der Waals surface area contributed by atoms with Crippen LogP contribution in [0.1, 0.15) is 45.0 Å². The van der Waals surface area contributed by atoms with Gasteiger partial charge in [-0.25, -0.2) is 28.3 Å². The van der Waals surface area contributed by atoms with Crippen LogP contribution in [0.2, 0.25) is 0 Å². The van der Waals surface area contributed by atoms with E-state index >= 15 is 0 Å². The number of aromatic nitrogens is 3. The van der Waals surface area contributed by atoms with Gasteiger partial charge in [0.05, 0.1) is 16.8 Å². The van der Waals surface area contributed by atoms with Gasteiger partial charge in [0.2, 0.25) is 6.08 Å². The molecule has 200 valence electrons. The lowest BCUT2D eigenvalue weighted by molar-refractivity contribution is 0.331. The molecule has 0 aliphatic rings. The van der Waals surface area contributed by atoms with Crippen molar-refractivity contribution in [3.8, 4) is 21.1 Å². The normalized spacial score (nSPS) is 11.4. The van der Waals surface area contributed by atoms with Crippen molar-refractivity contribution in [2.24, 2.45) is 4.99 Å². The van der Waals surface area contributed by atoms with Crippen LogP contribution in [-0.4, -0.2) is 21.2 Å². The first kappa shape index (κ1) is 27.9. The molecule has 0 amide bonds. The van der Waals surface area contributed by atoms with Crippen molar-refractivity contribution >= 4 is 28.8 Å². The highest BCUT2D eigenvalue weighted by atomic mass is 32.1. The van der Waals surface area contributed by atoms with Crippen molar-refractivity contribution in [3.63, 3.8) is 0 Å². The number of hydrogen-bond acceptors (Lipinski definition) is 10. The van der Waals surface area contributed by atoms with Crippen LogP contribution in [0.5, 0.6) is 0 Å². The molecule has 5 aromatic rings. The number of thiazole rings is 2. The molecule has 5 rings (SSSR count). The highest BCUT2D eigenvalue weighted by Gasteiger charge is 2.32. The third kappa shape index (κ3) is 6.48. The lowest BCUT2D eigenvalue weighted by atomic mass is 9.90. The summed E-state index contributed by atoms with van der Waals surface area (Å²) in [6.07, 6.45) is 1.55. The van der Waals surface area contributed by atoms with Crippen LogP contribution in [0, 0.1) is 11.6 Å². The average molecular weight is 569 g/mol. The van der Waals surface area contributed by atoms with E-state index in [0.717, 1.165) is 21.1 Å². The molecule has 0 saturated heterocycles. The summed E-state index contributed by atoms with van der Waals surface area (Å²) in [4.78, 5) is 34.0. The number of benzene rings is 2. The van der Waals surface area contributed by atoms with E-state index in [0.29, 0.717) is 11.4 Å². The molecule has 0 aliphatic heterocycles. The van der Waals surface area contributed by atoms with Crippen LogP contribution in [0.4, 0.5) is 8.78 Å². The second kappa shape index (κ2) is 11.3. The second-order valence-electron chi connectivity index (χ2n) is 9.32. The minimum absolute atomic E-state index is 0.170. The highest BCUT2D eigenvalue weighted by molar-refractivity contribution is 7.13. The average Bonchev–Trinajstić information content (AvgIpc) is 3.67. The van der Waals surface area contributed by atoms with Gasteiger partial charge in [-0.05, 0) is 81.4 Å². The summed E-state index contributed by atoms with van der Waals surface area (Å²) in [6, 6.07) is 12.2. The standard InChI is InChI=1S/C14H11FN2O3S.C13H11FN2OS/c1-14(2,12-17-20-13(18)19-12)10-7-21-11(16-10)8-3-5-9(15)6-4-8;1-13(2,15-8-17)11-7-18-12(16-11)9-3-5-10(14)6-4-9/h3-7H,1-2H3;3-7H,1-2H3. The molecule has 39 heavy (non-hydrogen) atoms. The molecule has 0 atom stereocenters. The maximum atomic E-state index is 12.9. The Kier molecular flexibility index (Phi) is 8.10. The molecule has 3 heterocycles. The minimum atomic E-state index is -0.841. The van der Waals surface area contributed by atoms with E-state index in [2.05, 4.69) is 24.6 Å². The molecule has 3 aromatic heterocycles. The topological polar surface area (TPSA) is 111 Å². The number of carbonyl (C=O) groups excluding carboxylic acids is 1. The minimum Gasteiger partial charge on any atom is -0.374 e. The number of nitrogens with zero attached hydrogens (tertiary/aromatic N) is 4. The number of hydrogen-bond donors (Lipinski definition) is 0. The van der Waals surface area contributed by atoms with Crippen molar-refractivity contribution < 1.29 is 22.5 Å². The quantitative estimate of drug-likeness (QED) is 0.165. The van der Waals surface area contributed by atoms with Gasteiger partial charge in [-0.2, -0.15) is 4.99 Å². The van der Waals surface area contributed by atoms with E-state index in [1.807, 2.05) is 24.6 Å². The SMILES string of the molecule is CC(C)(N=C=O)c1csc(-c2ccc(F)cc2)n1.CC(C)(c1csc(-c2ccc(F)cc2)n1)c1noc(=O)o1. The highest BCUT2D eigenvalue weighted by Crippen LogP contribution is 2.34. The Bertz CT molecular complexity index is 1660. The summed E-state index contributed by atoms with van der Waals surface area (Å²) >= 11 is 2.86. The van der Waals surface area contributed by atoms with Gasteiger partial charge in [0.1, 0.15) is 27.2 Å². The lowest BCUT2D eigenvalue weighted by Crippen LogP contribution is -2.20. The number of halogens is 2. The molecular weight excluding hydrogens is 546 g/mol. The van der Waals surface area contributed by atoms with E-state index in [1.54, 1.807) is 44.2 Å². The maximum Gasteiger partial charge on any atom is 0.542 e. The van der Waals surface area contributed by atoms with Gasteiger partial charge >= 0.3 is 5.82 Å². The van der Waals surface area contributed by atoms with E-state index < -0.39 is 16.8 Å². The third-order valence-corrected chi connectivity index (χ3v) is 7.48. The number of isocyanates is 1. The Balaban J connectivity index is 0.000000183. The fraction of sp³-hybridized carbons (Fsp3) is 0.222. The molecular formula is C27H22F2N4O4S2. The molecule has 0 unspecified atom stereocenters. The first-order valence-corrected chi connectivity index (χ1v) is 13.3.